The molecule has 0 N–H and O–H groups in total. The van der Waals surface area contributed by atoms with Gasteiger partial charge >= 0.3 is 0 Å². The highest BCUT2D eigenvalue weighted by atomic mass is 35.5. The first-order valence-electron chi connectivity index (χ1n) is 11.8. The van der Waals surface area contributed by atoms with Crippen molar-refractivity contribution in [2.75, 3.05) is 37.7 Å². The minimum atomic E-state index is -0.168. The smallest absolute Gasteiger partial charge is 0.280 e. The van der Waals surface area contributed by atoms with Gasteiger partial charge in [-0.25, -0.2) is 4.98 Å². The summed E-state index contributed by atoms with van der Waals surface area (Å²) in [6, 6.07) is 17.1. The van der Waals surface area contributed by atoms with Gasteiger partial charge in [-0.3, -0.25) is 9.69 Å². The van der Waals surface area contributed by atoms with Gasteiger partial charge in [-0.1, -0.05) is 23.7 Å². The highest BCUT2D eigenvalue weighted by Crippen LogP contribution is 2.33. The van der Waals surface area contributed by atoms with Gasteiger partial charge in [0, 0.05) is 42.1 Å². The lowest BCUT2D eigenvalue weighted by atomic mass is 10.1. The lowest BCUT2D eigenvalue weighted by Gasteiger charge is -2.39. The van der Waals surface area contributed by atoms with Crippen molar-refractivity contribution < 1.29 is 14.3 Å². The normalized spacial score (nSPS) is 18.6. The molecule has 1 aromatic heterocycles. The van der Waals surface area contributed by atoms with Gasteiger partial charge in [-0.2, -0.15) is 0 Å². The number of amides is 1. The summed E-state index contributed by atoms with van der Waals surface area (Å²) in [5.74, 6) is 2.09. The summed E-state index contributed by atoms with van der Waals surface area (Å²) >= 11 is 6.00. The van der Waals surface area contributed by atoms with E-state index in [9.17, 15) is 4.79 Å². The summed E-state index contributed by atoms with van der Waals surface area (Å²) in [4.78, 5) is 22.0. The zero-order valence-electron chi connectivity index (χ0n) is 18.8. The molecule has 1 aliphatic carbocycles. The lowest BCUT2D eigenvalue weighted by Crippen LogP contribution is -2.54. The van der Waals surface area contributed by atoms with Crippen molar-refractivity contribution in [1.29, 1.82) is 0 Å². The molecule has 0 radical (unpaired) electrons. The van der Waals surface area contributed by atoms with Crippen LogP contribution >= 0.6 is 11.6 Å². The van der Waals surface area contributed by atoms with Crippen LogP contribution in [0.5, 0.6) is 11.5 Å². The number of carbonyl (C=O) groups excluding carboxylic acids is 1. The van der Waals surface area contributed by atoms with Crippen LogP contribution in [0.4, 0.5) is 5.69 Å². The molecule has 0 spiro atoms. The first kappa shape index (κ1) is 21.4. The number of halogens is 1. The van der Waals surface area contributed by atoms with Crippen molar-refractivity contribution in [3.8, 4) is 22.6 Å². The average Bonchev–Trinajstić information content (AvgIpc) is 3.66. The van der Waals surface area contributed by atoms with E-state index in [-0.39, 0.29) is 12.0 Å². The molecule has 3 aliphatic rings. The third-order valence-electron chi connectivity index (χ3n) is 6.64. The fourth-order valence-corrected chi connectivity index (χ4v) is 4.67. The first-order chi connectivity index (χ1) is 16.6. The fraction of sp³-hybridized carbons (Fsp3) is 0.333. The number of pyridine rings is 1. The molecule has 6 rings (SSSR count). The number of rotatable bonds is 6. The number of benzene rings is 2. The largest absolute Gasteiger partial charge is 0.489 e. The van der Waals surface area contributed by atoms with Crippen LogP contribution in [0, 0.1) is 5.92 Å². The molecule has 3 heterocycles. The highest BCUT2D eigenvalue weighted by Gasteiger charge is 2.33. The van der Waals surface area contributed by atoms with Gasteiger partial charge in [0.2, 0.25) is 0 Å². The van der Waals surface area contributed by atoms with E-state index in [0.29, 0.717) is 29.6 Å². The maximum Gasteiger partial charge on any atom is 0.280 e. The summed E-state index contributed by atoms with van der Waals surface area (Å²) in [6.07, 6.45) is 4.72. The van der Waals surface area contributed by atoms with Crippen LogP contribution in [0.3, 0.4) is 0 Å². The van der Waals surface area contributed by atoms with Gasteiger partial charge in [0.25, 0.3) is 5.91 Å². The standard InChI is InChI=1S/C27H26ClN3O3/c28-21-5-3-19(4-6-21)20-13-25-26(29-14-20)27(32)31(11-12-33-25)22-7-9-23(10-8-22)34-24-16-30(17-24)15-18-1-2-18/h3-10,13-14,18,24H,1-2,11-12,15-17H2. The van der Waals surface area contributed by atoms with E-state index in [2.05, 4.69) is 9.88 Å². The van der Waals surface area contributed by atoms with E-state index in [0.717, 1.165) is 41.6 Å². The fourth-order valence-electron chi connectivity index (χ4n) is 4.55. The molecule has 6 nitrogen and oxygen atoms in total. The second-order valence-corrected chi connectivity index (χ2v) is 9.71. The number of aromatic nitrogens is 1. The number of carbonyl (C=O) groups is 1. The van der Waals surface area contributed by atoms with Gasteiger partial charge in [0.15, 0.2) is 11.4 Å². The lowest BCUT2D eigenvalue weighted by molar-refractivity contribution is 0.0172. The third-order valence-corrected chi connectivity index (χ3v) is 6.89. The number of fused-ring (bicyclic) bond motifs is 1. The molecule has 2 fully saturated rings. The van der Waals surface area contributed by atoms with E-state index in [1.54, 1.807) is 11.1 Å². The average molecular weight is 476 g/mol. The molecule has 3 aromatic rings. The quantitative estimate of drug-likeness (QED) is 0.507. The van der Waals surface area contributed by atoms with E-state index >= 15 is 0 Å². The van der Waals surface area contributed by atoms with E-state index in [1.807, 2.05) is 54.6 Å². The van der Waals surface area contributed by atoms with Crippen LogP contribution in [0.2, 0.25) is 5.02 Å². The Labute approximate surface area is 204 Å². The number of likely N-dealkylation sites (tertiary alicyclic amines) is 1. The second-order valence-electron chi connectivity index (χ2n) is 9.28. The third kappa shape index (κ3) is 4.48. The van der Waals surface area contributed by atoms with Gasteiger partial charge in [-0.05, 0) is 66.8 Å². The molecule has 174 valence electrons. The van der Waals surface area contributed by atoms with Crippen molar-refractivity contribution in [3.63, 3.8) is 0 Å². The Balaban J connectivity index is 1.14. The molecule has 7 heteroatoms. The Morgan fingerprint density at radius 1 is 1.03 bits per heavy atom. The Bertz CT molecular complexity index is 1190. The molecule has 2 aliphatic heterocycles. The predicted molar refractivity (Wildman–Crippen MR) is 132 cm³/mol. The Morgan fingerprint density at radius 2 is 1.79 bits per heavy atom. The predicted octanol–water partition coefficient (Wildman–Crippen LogP) is 4.91. The number of nitrogens with zero attached hydrogens (tertiary/aromatic N) is 3. The molecular weight excluding hydrogens is 450 g/mol. The molecule has 0 bridgehead atoms. The number of hydrogen-bond donors (Lipinski definition) is 0. The second kappa shape index (κ2) is 8.93. The van der Waals surface area contributed by atoms with Crippen LogP contribution < -0.4 is 14.4 Å². The minimum Gasteiger partial charge on any atom is -0.489 e. The van der Waals surface area contributed by atoms with Crippen LogP contribution in [0.25, 0.3) is 11.1 Å². The molecule has 0 atom stereocenters. The van der Waals surface area contributed by atoms with Crippen molar-refractivity contribution in [1.82, 2.24) is 9.88 Å². The van der Waals surface area contributed by atoms with Crippen molar-refractivity contribution in [2.45, 2.75) is 18.9 Å². The molecular formula is C27H26ClN3O3. The van der Waals surface area contributed by atoms with Gasteiger partial charge < -0.3 is 14.4 Å². The van der Waals surface area contributed by atoms with Crippen LogP contribution in [-0.2, 0) is 0 Å². The number of anilines is 1. The summed E-state index contributed by atoms with van der Waals surface area (Å²) in [5, 5.41) is 0.674. The zero-order valence-corrected chi connectivity index (χ0v) is 19.6. The van der Waals surface area contributed by atoms with Crippen molar-refractivity contribution in [3.05, 3.63) is 71.5 Å². The van der Waals surface area contributed by atoms with E-state index in [4.69, 9.17) is 21.1 Å². The maximum atomic E-state index is 13.3. The monoisotopic (exact) mass is 475 g/mol. The first-order valence-corrected chi connectivity index (χ1v) is 12.2. The molecule has 1 amide bonds. The van der Waals surface area contributed by atoms with Crippen molar-refractivity contribution in [2.24, 2.45) is 5.92 Å². The topological polar surface area (TPSA) is 54.9 Å². The van der Waals surface area contributed by atoms with E-state index in [1.165, 1.54) is 19.4 Å². The molecule has 34 heavy (non-hydrogen) atoms. The summed E-state index contributed by atoms with van der Waals surface area (Å²) in [5.41, 5.74) is 2.97. The number of ether oxygens (including phenoxy) is 2. The molecule has 0 unspecified atom stereocenters. The molecule has 1 saturated heterocycles. The Kier molecular flexibility index (Phi) is 5.63. The summed E-state index contributed by atoms with van der Waals surface area (Å²) in [7, 11) is 0. The van der Waals surface area contributed by atoms with Crippen LogP contribution in [0.1, 0.15) is 23.3 Å². The van der Waals surface area contributed by atoms with Gasteiger partial charge in [0.05, 0.1) is 6.54 Å². The summed E-state index contributed by atoms with van der Waals surface area (Å²) < 4.78 is 12.0. The van der Waals surface area contributed by atoms with Crippen LogP contribution in [-0.4, -0.2) is 54.7 Å². The highest BCUT2D eigenvalue weighted by molar-refractivity contribution is 6.30. The zero-order chi connectivity index (χ0) is 23.1. The van der Waals surface area contributed by atoms with Crippen LogP contribution in [0.15, 0.2) is 60.8 Å². The van der Waals surface area contributed by atoms with Crippen molar-refractivity contribution >= 4 is 23.2 Å². The van der Waals surface area contributed by atoms with Gasteiger partial charge in [0.1, 0.15) is 18.5 Å². The Hall–Kier alpha value is -3.09. The summed E-state index contributed by atoms with van der Waals surface area (Å²) in [6.45, 7) is 4.06. The maximum absolute atomic E-state index is 13.3. The van der Waals surface area contributed by atoms with Gasteiger partial charge in [-0.15, -0.1) is 0 Å². The molecule has 2 aromatic carbocycles. The molecule has 1 saturated carbocycles. The SMILES string of the molecule is O=C1c2ncc(-c3ccc(Cl)cc3)cc2OCCN1c1ccc(OC2CN(CC3CC3)C2)cc1. The Morgan fingerprint density at radius 3 is 2.53 bits per heavy atom. The van der Waals surface area contributed by atoms with E-state index < -0.39 is 0 Å². The minimum absolute atomic E-state index is 0.168. The number of hydrogen-bond acceptors (Lipinski definition) is 5.